The zero-order valence-electron chi connectivity index (χ0n) is 16.7. The summed E-state index contributed by atoms with van der Waals surface area (Å²) in [5.41, 5.74) is 10.6. The Hall–Kier alpha value is -3.46. The summed E-state index contributed by atoms with van der Waals surface area (Å²) < 4.78 is 9.48. The van der Waals surface area contributed by atoms with E-state index >= 15 is 0 Å². The molecule has 4 heterocycles. The second-order valence-electron chi connectivity index (χ2n) is 7.12. The van der Waals surface area contributed by atoms with Crippen LogP contribution in [0.2, 0.25) is 0 Å². The van der Waals surface area contributed by atoms with E-state index in [1.807, 2.05) is 56.0 Å². The topological polar surface area (TPSA) is 108 Å². The molecule has 0 fully saturated rings. The second kappa shape index (κ2) is 7.88. The zero-order chi connectivity index (χ0) is 20.4. The molecule has 0 spiro atoms. The zero-order valence-corrected chi connectivity index (χ0v) is 16.7. The summed E-state index contributed by atoms with van der Waals surface area (Å²) in [6.07, 6.45) is 9.34. The normalized spacial score (nSPS) is 11.4. The lowest BCUT2D eigenvalue weighted by Crippen LogP contribution is -2.08. The molecule has 0 saturated heterocycles. The molecule has 3 N–H and O–H groups in total. The van der Waals surface area contributed by atoms with E-state index in [0.29, 0.717) is 30.5 Å². The van der Waals surface area contributed by atoms with Crippen LogP contribution in [0.5, 0.6) is 0 Å². The molecule has 0 aromatic carbocycles. The van der Waals surface area contributed by atoms with Gasteiger partial charge in [-0.1, -0.05) is 6.07 Å². The van der Waals surface area contributed by atoms with Gasteiger partial charge in [0.15, 0.2) is 11.6 Å². The molecule has 0 unspecified atom stereocenters. The Bertz CT molecular complexity index is 1130. The monoisotopic (exact) mass is 392 g/mol. The summed E-state index contributed by atoms with van der Waals surface area (Å²) in [5, 5.41) is 7.46. The van der Waals surface area contributed by atoms with Gasteiger partial charge in [0.1, 0.15) is 5.65 Å². The third kappa shape index (κ3) is 4.19. The third-order valence-corrected chi connectivity index (χ3v) is 4.47. The number of aromatic nitrogens is 6. The van der Waals surface area contributed by atoms with Gasteiger partial charge in [-0.05, 0) is 25.5 Å². The Morgan fingerprint density at radius 1 is 1.14 bits per heavy atom. The minimum absolute atomic E-state index is 0.166. The van der Waals surface area contributed by atoms with Crippen molar-refractivity contribution in [3.63, 3.8) is 0 Å². The summed E-state index contributed by atoms with van der Waals surface area (Å²) >= 11 is 0. The molecule has 0 aliphatic rings. The molecule has 0 atom stereocenters. The molecule has 150 valence electrons. The average molecular weight is 392 g/mol. The van der Waals surface area contributed by atoms with Crippen LogP contribution in [0.3, 0.4) is 0 Å². The first-order valence-electron chi connectivity index (χ1n) is 9.41. The maximum absolute atomic E-state index is 6.01. The van der Waals surface area contributed by atoms with E-state index in [2.05, 4.69) is 25.4 Å². The molecule has 4 rings (SSSR count). The van der Waals surface area contributed by atoms with E-state index in [1.165, 1.54) is 0 Å². The lowest BCUT2D eigenvalue weighted by molar-refractivity contribution is 0.0632. The van der Waals surface area contributed by atoms with Gasteiger partial charge >= 0.3 is 0 Å². The minimum Gasteiger partial charge on any atom is -0.381 e. The lowest BCUT2D eigenvalue weighted by Gasteiger charge is -2.11. The third-order valence-electron chi connectivity index (χ3n) is 4.47. The molecular formula is C20H24N8O. The van der Waals surface area contributed by atoms with Crippen molar-refractivity contribution >= 4 is 17.3 Å². The first-order chi connectivity index (χ1) is 14.0. The maximum Gasteiger partial charge on any atom is 0.169 e. The molecule has 0 aliphatic heterocycles. The van der Waals surface area contributed by atoms with Gasteiger partial charge < -0.3 is 20.2 Å². The fraction of sp³-hybridized carbons (Fsp3) is 0.300. The fourth-order valence-electron chi connectivity index (χ4n) is 2.95. The first-order valence-corrected chi connectivity index (χ1v) is 9.41. The number of imidazole rings is 1. The summed E-state index contributed by atoms with van der Waals surface area (Å²) in [4.78, 5) is 13.3. The molecule has 0 aliphatic carbocycles. The van der Waals surface area contributed by atoms with E-state index in [-0.39, 0.29) is 6.10 Å². The Labute approximate surface area is 168 Å². The number of hydrogen-bond acceptors (Lipinski definition) is 7. The smallest absolute Gasteiger partial charge is 0.169 e. The molecular weight excluding hydrogens is 368 g/mol. The van der Waals surface area contributed by atoms with Crippen molar-refractivity contribution in [2.45, 2.75) is 33.1 Å². The molecule has 0 radical (unpaired) electrons. The second-order valence-corrected chi connectivity index (χ2v) is 7.12. The number of nitrogen functional groups attached to an aromatic ring is 1. The lowest BCUT2D eigenvalue weighted by atomic mass is 10.2. The van der Waals surface area contributed by atoms with Gasteiger partial charge in [-0.3, -0.25) is 4.68 Å². The van der Waals surface area contributed by atoms with Crippen LogP contribution in [0.15, 0.2) is 43.1 Å². The van der Waals surface area contributed by atoms with Crippen LogP contribution in [0.1, 0.15) is 25.1 Å². The van der Waals surface area contributed by atoms with Crippen molar-refractivity contribution in [2.75, 3.05) is 11.1 Å². The van der Waals surface area contributed by atoms with E-state index in [9.17, 15) is 0 Å². The number of nitrogens with zero attached hydrogens (tertiary/aromatic N) is 6. The highest BCUT2D eigenvalue weighted by Gasteiger charge is 2.09. The Balaban J connectivity index is 1.52. The van der Waals surface area contributed by atoms with Crippen molar-refractivity contribution in [3.8, 4) is 11.3 Å². The quantitative estimate of drug-likeness (QED) is 0.498. The Morgan fingerprint density at radius 2 is 2.00 bits per heavy atom. The van der Waals surface area contributed by atoms with Crippen molar-refractivity contribution < 1.29 is 4.74 Å². The fourth-order valence-corrected chi connectivity index (χ4v) is 2.95. The highest BCUT2D eigenvalue weighted by Crippen LogP contribution is 2.21. The van der Waals surface area contributed by atoms with Crippen LogP contribution >= 0.6 is 0 Å². The molecule has 9 heteroatoms. The van der Waals surface area contributed by atoms with Crippen molar-refractivity contribution in [1.29, 1.82) is 0 Å². The summed E-state index contributed by atoms with van der Waals surface area (Å²) in [6, 6.07) is 4.01. The molecule has 0 amide bonds. The van der Waals surface area contributed by atoms with Gasteiger partial charge in [-0.15, -0.1) is 0 Å². The number of anilines is 2. The maximum atomic E-state index is 6.01. The number of pyridine rings is 1. The van der Waals surface area contributed by atoms with Gasteiger partial charge in [-0.25, -0.2) is 15.0 Å². The summed E-state index contributed by atoms with van der Waals surface area (Å²) in [7, 11) is 1.86. The number of rotatable bonds is 7. The number of nitrogens with two attached hydrogens (primary N) is 1. The van der Waals surface area contributed by atoms with Gasteiger partial charge in [0.25, 0.3) is 0 Å². The SMILES string of the molecule is CC(C)OCc1cnc2ccc(CNc3nc(-c4cnn(C)c4)cnc3N)cn12. The van der Waals surface area contributed by atoms with Crippen LogP contribution in [0.25, 0.3) is 16.9 Å². The molecule has 0 bridgehead atoms. The summed E-state index contributed by atoms with van der Waals surface area (Å²) in [6.45, 7) is 5.10. The number of ether oxygens (including phenoxy) is 1. The Morgan fingerprint density at radius 3 is 2.76 bits per heavy atom. The highest BCUT2D eigenvalue weighted by atomic mass is 16.5. The standard InChI is InChI=1S/C20H24N8O/c1-13(2)29-12-16-8-22-18-5-4-14(10-28(16)18)6-24-20-19(21)23-9-17(26-20)15-7-25-27(3)11-15/h4-5,7-11,13H,6,12H2,1-3H3,(H2,21,23)(H,24,26). The molecule has 9 nitrogen and oxygen atoms in total. The first kappa shape index (κ1) is 18.9. The molecule has 4 aromatic rings. The van der Waals surface area contributed by atoms with Crippen LogP contribution in [-0.2, 0) is 24.9 Å². The van der Waals surface area contributed by atoms with Crippen molar-refractivity contribution in [1.82, 2.24) is 29.1 Å². The van der Waals surface area contributed by atoms with E-state index in [1.54, 1.807) is 17.1 Å². The van der Waals surface area contributed by atoms with E-state index < -0.39 is 0 Å². The van der Waals surface area contributed by atoms with Gasteiger partial charge in [0.05, 0.1) is 42.7 Å². The highest BCUT2D eigenvalue weighted by molar-refractivity contribution is 5.64. The minimum atomic E-state index is 0.166. The summed E-state index contributed by atoms with van der Waals surface area (Å²) in [5.74, 6) is 0.896. The van der Waals surface area contributed by atoms with Gasteiger partial charge in [0, 0.05) is 31.5 Å². The largest absolute Gasteiger partial charge is 0.381 e. The Kier molecular flexibility index (Phi) is 5.13. The number of nitrogens with one attached hydrogen (secondary N) is 1. The number of aryl methyl sites for hydroxylation is 1. The average Bonchev–Trinajstić information content (AvgIpc) is 3.31. The van der Waals surface area contributed by atoms with E-state index in [4.69, 9.17) is 10.5 Å². The van der Waals surface area contributed by atoms with Crippen molar-refractivity contribution in [2.24, 2.45) is 7.05 Å². The van der Waals surface area contributed by atoms with Gasteiger partial charge in [-0.2, -0.15) is 5.10 Å². The van der Waals surface area contributed by atoms with Crippen LogP contribution in [-0.4, -0.2) is 35.2 Å². The van der Waals surface area contributed by atoms with Gasteiger partial charge in [0.2, 0.25) is 0 Å². The van der Waals surface area contributed by atoms with Crippen LogP contribution in [0, 0.1) is 0 Å². The molecule has 0 saturated carbocycles. The predicted octanol–water partition coefficient (Wildman–Crippen LogP) is 2.64. The van der Waals surface area contributed by atoms with Crippen LogP contribution < -0.4 is 11.1 Å². The number of hydrogen-bond donors (Lipinski definition) is 2. The van der Waals surface area contributed by atoms with Crippen molar-refractivity contribution in [3.05, 3.63) is 54.4 Å². The molecule has 4 aromatic heterocycles. The molecule has 29 heavy (non-hydrogen) atoms. The predicted molar refractivity (Wildman–Crippen MR) is 111 cm³/mol. The van der Waals surface area contributed by atoms with Crippen LogP contribution in [0.4, 0.5) is 11.6 Å². The number of fused-ring (bicyclic) bond motifs is 1. The van der Waals surface area contributed by atoms with E-state index in [0.717, 1.165) is 22.5 Å².